The fourth-order valence-corrected chi connectivity index (χ4v) is 3.31. The van der Waals surface area contributed by atoms with Crippen LogP contribution in [0.15, 0.2) is 0 Å². The normalized spacial score (nSPS) is 15.5. The van der Waals surface area contributed by atoms with Gasteiger partial charge in [0.2, 0.25) is 0 Å². The van der Waals surface area contributed by atoms with Gasteiger partial charge in [0.25, 0.3) is 0 Å². The summed E-state index contributed by atoms with van der Waals surface area (Å²) in [6.07, 6.45) is 1.11. The molecule has 0 aromatic rings. The number of hydrogen-bond acceptors (Lipinski definition) is 13. The van der Waals surface area contributed by atoms with Crippen LogP contribution < -0.4 is 11.1 Å². The minimum Gasteiger partial charge on any atom is -0.395 e. The zero-order valence-electron chi connectivity index (χ0n) is 27.1. The van der Waals surface area contributed by atoms with E-state index in [1.807, 2.05) is 19.0 Å². The first kappa shape index (κ1) is 44.9. The van der Waals surface area contributed by atoms with Gasteiger partial charge in [-0.3, -0.25) is 9.80 Å². The third-order valence-corrected chi connectivity index (χ3v) is 5.89. The van der Waals surface area contributed by atoms with Crippen molar-refractivity contribution in [1.82, 2.24) is 24.9 Å². The van der Waals surface area contributed by atoms with Gasteiger partial charge in [0.05, 0.1) is 66.1 Å². The molecule has 7 N–H and O–H groups in total. The molecule has 0 amide bonds. The average Bonchev–Trinajstić information content (AvgIpc) is 3.00. The van der Waals surface area contributed by atoms with Gasteiger partial charge in [-0.15, -0.1) is 0 Å². The summed E-state index contributed by atoms with van der Waals surface area (Å²) in [5, 5.41) is 36.1. The molecule has 0 radical (unpaired) electrons. The van der Waals surface area contributed by atoms with Gasteiger partial charge in [0, 0.05) is 52.4 Å². The number of morpholine rings is 2. The van der Waals surface area contributed by atoms with Crippen LogP contribution in [0.2, 0.25) is 0 Å². The van der Waals surface area contributed by atoms with Crippen LogP contribution in [0.1, 0.15) is 20.3 Å². The van der Waals surface area contributed by atoms with Crippen LogP contribution in [0.5, 0.6) is 0 Å². The van der Waals surface area contributed by atoms with E-state index < -0.39 is 0 Å². The van der Waals surface area contributed by atoms with Gasteiger partial charge in [-0.25, -0.2) is 0 Å². The van der Waals surface area contributed by atoms with Crippen LogP contribution in [0.3, 0.4) is 0 Å². The van der Waals surface area contributed by atoms with Gasteiger partial charge < -0.3 is 55.5 Å². The monoisotopic (exact) mass is 601 g/mol. The fourth-order valence-electron chi connectivity index (χ4n) is 3.31. The van der Waals surface area contributed by atoms with E-state index in [2.05, 4.69) is 33.9 Å². The summed E-state index contributed by atoms with van der Waals surface area (Å²) >= 11 is 0. The molecule has 0 bridgehead atoms. The number of nitrogens with one attached hydrogen (secondary N) is 1. The second-order valence-corrected chi connectivity index (χ2v) is 9.49. The number of hydrogen-bond donors (Lipinski definition) is 6. The van der Waals surface area contributed by atoms with Gasteiger partial charge in [-0.1, -0.05) is 13.8 Å². The zero-order valence-corrected chi connectivity index (χ0v) is 27.1. The molecule has 13 nitrogen and oxygen atoms in total. The Bertz CT molecular complexity index is 439. The van der Waals surface area contributed by atoms with Crippen molar-refractivity contribution in [3.8, 4) is 0 Å². The van der Waals surface area contributed by atoms with Gasteiger partial charge in [-0.05, 0) is 53.7 Å². The number of aliphatic hydroxyl groups excluding tert-OH is 4. The van der Waals surface area contributed by atoms with E-state index in [0.717, 1.165) is 105 Å². The van der Waals surface area contributed by atoms with E-state index in [1.165, 1.54) is 0 Å². The van der Waals surface area contributed by atoms with Crippen molar-refractivity contribution < 1.29 is 34.6 Å². The molecule has 0 aliphatic carbocycles. The Kier molecular flexibility index (Phi) is 43.3. The highest BCUT2D eigenvalue weighted by molar-refractivity contribution is 4.61. The SMILES string of the molecule is CCN(CC)CCO.CN(C)CCOCCO.CNCCO.NCCCN1CCOCC1.OCCN1CCOCC1. The van der Waals surface area contributed by atoms with Gasteiger partial charge in [-0.2, -0.15) is 0 Å². The van der Waals surface area contributed by atoms with Crippen molar-refractivity contribution in [3.63, 3.8) is 0 Å². The predicted octanol–water partition coefficient (Wildman–Crippen LogP) is -1.95. The molecular formula is C28H68N6O7. The summed E-state index contributed by atoms with van der Waals surface area (Å²) in [6.45, 7) is 21.0. The summed E-state index contributed by atoms with van der Waals surface area (Å²) < 4.78 is 15.3. The summed E-state index contributed by atoms with van der Waals surface area (Å²) in [7, 11) is 5.78. The Morgan fingerprint density at radius 2 is 1.29 bits per heavy atom. The first-order valence-electron chi connectivity index (χ1n) is 15.2. The van der Waals surface area contributed by atoms with Gasteiger partial charge in [0.1, 0.15) is 0 Å². The molecule has 2 rings (SSSR count). The minimum atomic E-state index is 0.118. The molecule has 2 fully saturated rings. The van der Waals surface area contributed by atoms with Crippen LogP contribution in [0.4, 0.5) is 0 Å². The molecule has 2 aliphatic heterocycles. The van der Waals surface area contributed by atoms with Crippen LogP contribution in [-0.2, 0) is 14.2 Å². The molecule has 0 aromatic heterocycles. The number of β-amino-alcohol motifs (C(OH)–C–C–N with tert-alkyl or cyclic N) is 1. The molecular weight excluding hydrogens is 532 g/mol. The van der Waals surface area contributed by atoms with Crippen molar-refractivity contribution in [3.05, 3.63) is 0 Å². The maximum absolute atomic E-state index is 8.54. The quantitative estimate of drug-likeness (QED) is 0.109. The molecule has 2 heterocycles. The molecule has 13 heteroatoms. The third-order valence-electron chi connectivity index (χ3n) is 5.89. The fraction of sp³-hybridized carbons (Fsp3) is 1.00. The van der Waals surface area contributed by atoms with Crippen molar-refractivity contribution in [2.45, 2.75) is 20.3 Å². The molecule has 0 aromatic carbocycles. The highest BCUT2D eigenvalue weighted by Crippen LogP contribution is 1.96. The number of aliphatic hydroxyl groups is 4. The summed E-state index contributed by atoms with van der Waals surface area (Å²) in [5.74, 6) is 0. The van der Waals surface area contributed by atoms with Crippen LogP contribution in [0, 0.1) is 0 Å². The molecule has 2 aliphatic rings. The Balaban J connectivity index is -0.000000447. The third kappa shape index (κ3) is 39.5. The standard InChI is InChI=1S/C7H16N2O.C6H13NO2.C6H15NO2.C6H15NO.C3H9NO/c8-2-1-3-9-4-6-10-7-5-9;8-4-1-7-2-5-9-6-3-7;1-7(2)3-5-9-6-4-8;1-3-7(4-2)5-6-8;1-4-2-3-5/h1-8H2;8H,1-6H2;8H,3-6H2,1-2H3;8H,3-6H2,1-2H3;4-5H,2-3H2,1H3. The summed E-state index contributed by atoms with van der Waals surface area (Å²) in [6, 6.07) is 0. The minimum absolute atomic E-state index is 0.118. The number of rotatable bonds is 16. The highest BCUT2D eigenvalue weighted by atomic mass is 16.5. The van der Waals surface area contributed by atoms with Crippen LogP contribution >= 0.6 is 0 Å². The zero-order chi connectivity index (χ0) is 31.4. The largest absolute Gasteiger partial charge is 0.395 e. The van der Waals surface area contributed by atoms with E-state index in [0.29, 0.717) is 19.8 Å². The Morgan fingerprint density at radius 3 is 1.61 bits per heavy atom. The lowest BCUT2D eigenvalue weighted by Gasteiger charge is -2.26. The Labute approximate surface area is 251 Å². The highest BCUT2D eigenvalue weighted by Gasteiger charge is 2.08. The average molecular weight is 601 g/mol. The van der Waals surface area contributed by atoms with Crippen molar-refractivity contribution >= 4 is 0 Å². The Hall–Kier alpha value is -0.520. The number of likely N-dealkylation sites (N-methyl/N-ethyl adjacent to an activating group) is 3. The van der Waals surface area contributed by atoms with Crippen LogP contribution in [-0.4, -0.2) is 206 Å². The lowest BCUT2D eigenvalue weighted by atomic mass is 10.3. The second-order valence-electron chi connectivity index (χ2n) is 9.49. The lowest BCUT2D eigenvalue weighted by Crippen LogP contribution is -2.37. The molecule has 2 saturated heterocycles. The van der Waals surface area contributed by atoms with Crippen molar-refractivity contribution in [1.29, 1.82) is 0 Å². The van der Waals surface area contributed by atoms with Crippen molar-refractivity contribution in [2.75, 3.05) is 166 Å². The van der Waals surface area contributed by atoms with E-state index in [4.69, 9.17) is 40.4 Å². The Morgan fingerprint density at radius 1 is 0.756 bits per heavy atom. The van der Waals surface area contributed by atoms with E-state index in [-0.39, 0.29) is 26.4 Å². The first-order valence-corrected chi connectivity index (χ1v) is 15.2. The first-order chi connectivity index (χ1) is 19.9. The number of ether oxygens (including phenoxy) is 3. The smallest absolute Gasteiger partial charge is 0.0698 e. The van der Waals surface area contributed by atoms with Crippen molar-refractivity contribution in [2.24, 2.45) is 5.73 Å². The predicted molar refractivity (Wildman–Crippen MR) is 168 cm³/mol. The van der Waals surface area contributed by atoms with E-state index in [9.17, 15) is 0 Å². The van der Waals surface area contributed by atoms with Gasteiger partial charge in [0.15, 0.2) is 0 Å². The number of nitrogens with two attached hydrogens (primary N) is 1. The van der Waals surface area contributed by atoms with E-state index >= 15 is 0 Å². The maximum Gasteiger partial charge on any atom is 0.0698 e. The number of nitrogens with zero attached hydrogens (tertiary/aromatic N) is 4. The molecule has 0 spiro atoms. The molecule has 0 saturated carbocycles. The molecule has 0 atom stereocenters. The molecule has 252 valence electrons. The summed E-state index contributed by atoms with van der Waals surface area (Å²) in [5.41, 5.74) is 5.39. The second kappa shape index (κ2) is 39.5. The van der Waals surface area contributed by atoms with E-state index in [1.54, 1.807) is 7.05 Å². The van der Waals surface area contributed by atoms with Crippen LogP contribution in [0.25, 0.3) is 0 Å². The lowest BCUT2D eigenvalue weighted by molar-refractivity contribution is 0.0306. The van der Waals surface area contributed by atoms with Gasteiger partial charge >= 0.3 is 0 Å². The maximum atomic E-state index is 8.54. The molecule has 41 heavy (non-hydrogen) atoms. The summed E-state index contributed by atoms with van der Waals surface area (Å²) in [4.78, 5) is 8.82. The molecule has 0 unspecified atom stereocenters. The topological polar surface area (TPSA) is 160 Å².